The van der Waals surface area contributed by atoms with E-state index in [1.807, 2.05) is 30.3 Å². The Kier molecular flexibility index (Phi) is 4.66. The average molecular weight is 428 g/mol. The van der Waals surface area contributed by atoms with Gasteiger partial charge in [-0.25, -0.2) is 0 Å². The Labute approximate surface area is 184 Å². The number of phenolic OH excluding ortho intramolecular Hbond substituents is 2. The maximum atomic E-state index is 13.2. The van der Waals surface area contributed by atoms with Crippen molar-refractivity contribution in [3.8, 4) is 11.5 Å². The molecule has 0 radical (unpaired) electrons. The van der Waals surface area contributed by atoms with E-state index in [4.69, 9.17) is 0 Å². The van der Waals surface area contributed by atoms with Gasteiger partial charge in [-0.2, -0.15) is 0 Å². The summed E-state index contributed by atoms with van der Waals surface area (Å²) >= 11 is 0. The molecule has 1 aliphatic heterocycles. The Morgan fingerprint density at radius 1 is 0.719 bits per heavy atom. The molecule has 7 nitrogen and oxygen atoms in total. The standard InChI is InChI=1S/C25H20N2O5/c28-21-16-8-4-5-9-17(16)22(29)20-18(21)14-19(23(30)24(20)31)25(32)27-12-10-26(11-13-27)15-6-2-1-3-7-15/h1-9,14,30-31H,10-13H2. The van der Waals surface area contributed by atoms with Crippen molar-refractivity contribution in [2.24, 2.45) is 0 Å². The lowest BCUT2D eigenvalue weighted by Crippen LogP contribution is -2.48. The second-order valence-electron chi connectivity index (χ2n) is 7.86. The molecule has 1 heterocycles. The van der Waals surface area contributed by atoms with Crippen molar-refractivity contribution >= 4 is 23.2 Å². The SMILES string of the molecule is O=C1c2ccccc2C(=O)c2c1cc(C(=O)N1CCN(c3ccccc3)CC1)c(O)c2O. The highest BCUT2D eigenvalue weighted by Crippen LogP contribution is 2.41. The summed E-state index contributed by atoms with van der Waals surface area (Å²) in [5.41, 5.74) is 0.916. The lowest BCUT2D eigenvalue weighted by atomic mass is 9.82. The second-order valence-corrected chi connectivity index (χ2v) is 7.86. The molecule has 2 aliphatic rings. The van der Waals surface area contributed by atoms with E-state index >= 15 is 0 Å². The van der Waals surface area contributed by atoms with Gasteiger partial charge >= 0.3 is 0 Å². The lowest BCUT2D eigenvalue weighted by Gasteiger charge is -2.36. The van der Waals surface area contributed by atoms with E-state index in [0.29, 0.717) is 26.2 Å². The van der Waals surface area contributed by atoms with E-state index in [1.165, 1.54) is 18.2 Å². The monoisotopic (exact) mass is 428 g/mol. The number of nitrogens with zero attached hydrogens (tertiary/aromatic N) is 2. The Morgan fingerprint density at radius 2 is 1.31 bits per heavy atom. The number of fused-ring (bicyclic) bond motifs is 2. The number of para-hydroxylation sites is 1. The molecule has 1 saturated heterocycles. The molecule has 5 rings (SSSR count). The first-order chi connectivity index (χ1) is 15.5. The van der Waals surface area contributed by atoms with Gasteiger partial charge in [-0.3, -0.25) is 14.4 Å². The molecule has 1 amide bonds. The van der Waals surface area contributed by atoms with Crippen LogP contribution in [0.5, 0.6) is 11.5 Å². The first kappa shape index (κ1) is 19.8. The minimum Gasteiger partial charge on any atom is -0.504 e. The number of anilines is 1. The summed E-state index contributed by atoms with van der Waals surface area (Å²) in [6.07, 6.45) is 0. The maximum Gasteiger partial charge on any atom is 0.257 e. The van der Waals surface area contributed by atoms with Crippen molar-refractivity contribution in [2.45, 2.75) is 0 Å². The fraction of sp³-hybridized carbons (Fsp3) is 0.160. The van der Waals surface area contributed by atoms with Gasteiger partial charge in [0.25, 0.3) is 5.91 Å². The van der Waals surface area contributed by atoms with Crippen molar-refractivity contribution in [1.82, 2.24) is 4.90 Å². The third kappa shape index (κ3) is 3.01. The van der Waals surface area contributed by atoms with Crippen molar-refractivity contribution in [1.29, 1.82) is 0 Å². The number of rotatable bonds is 2. The summed E-state index contributed by atoms with van der Waals surface area (Å²) in [7, 11) is 0. The van der Waals surface area contributed by atoms with Crippen molar-refractivity contribution in [3.63, 3.8) is 0 Å². The van der Waals surface area contributed by atoms with E-state index in [1.54, 1.807) is 17.0 Å². The van der Waals surface area contributed by atoms with Gasteiger partial charge in [0, 0.05) is 48.6 Å². The molecule has 32 heavy (non-hydrogen) atoms. The van der Waals surface area contributed by atoms with Gasteiger partial charge in [-0.05, 0) is 18.2 Å². The lowest BCUT2D eigenvalue weighted by molar-refractivity contribution is 0.0742. The normalized spacial score (nSPS) is 15.4. The Bertz CT molecular complexity index is 1260. The largest absolute Gasteiger partial charge is 0.504 e. The molecule has 0 bridgehead atoms. The van der Waals surface area contributed by atoms with E-state index in [2.05, 4.69) is 4.90 Å². The third-order valence-corrected chi connectivity index (χ3v) is 6.08. The van der Waals surface area contributed by atoms with E-state index < -0.39 is 29.0 Å². The van der Waals surface area contributed by atoms with Crippen molar-refractivity contribution < 1.29 is 24.6 Å². The molecule has 1 fully saturated rings. The number of piperazine rings is 1. The van der Waals surface area contributed by atoms with Crippen LogP contribution in [0.25, 0.3) is 0 Å². The van der Waals surface area contributed by atoms with Crippen LogP contribution in [0.2, 0.25) is 0 Å². The summed E-state index contributed by atoms with van der Waals surface area (Å²) < 4.78 is 0. The minimum absolute atomic E-state index is 0.0738. The first-order valence-corrected chi connectivity index (χ1v) is 10.3. The van der Waals surface area contributed by atoms with Crippen LogP contribution < -0.4 is 4.90 Å². The number of hydrogen-bond acceptors (Lipinski definition) is 6. The zero-order valence-corrected chi connectivity index (χ0v) is 17.1. The molecule has 1 aliphatic carbocycles. The van der Waals surface area contributed by atoms with Gasteiger partial charge in [-0.15, -0.1) is 0 Å². The molecule has 0 saturated carbocycles. The highest BCUT2D eigenvalue weighted by Gasteiger charge is 2.36. The molecule has 0 spiro atoms. The Balaban J connectivity index is 1.45. The summed E-state index contributed by atoms with van der Waals surface area (Å²) in [5.74, 6) is -2.93. The van der Waals surface area contributed by atoms with Crippen LogP contribution in [-0.4, -0.2) is 58.8 Å². The zero-order chi connectivity index (χ0) is 22.4. The maximum absolute atomic E-state index is 13.2. The quantitative estimate of drug-likeness (QED) is 0.477. The number of ketones is 2. The summed E-state index contributed by atoms with van der Waals surface area (Å²) in [4.78, 5) is 42.8. The zero-order valence-electron chi connectivity index (χ0n) is 17.1. The molecule has 7 heteroatoms. The molecule has 2 N–H and O–H groups in total. The number of carbonyl (C=O) groups excluding carboxylic acids is 3. The molecule has 0 unspecified atom stereocenters. The molecule has 0 aromatic heterocycles. The van der Waals surface area contributed by atoms with Crippen LogP contribution in [0.1, 0.15) is 42.2 Å². The van der Waals surface area contributed by atoms with E-state index in [0.717, 1.165) is 5.69 Å². The van der Waals surface area contributed by atoms with Gasteiger partial charge in [0.1, 0.15) is 0 Å². The van der Waals surface area contributed by atoms with Gasteiger partial charge < -0.3 is 20.0 Å². The molecule has 3 aromatic rings. The Hall–Kier alpha value is -4.13. The fourth-order valence-electron chi connectivity index (χ4n) is 4.37. The topological polar surface area (TPSA) is 98.2 Å². The number of phenols is 2. The minimum atomic E-state index is -0.735. The summed E-state index contributed by atoms with van der Waals surface area (Å²) in [6, 6.07) is 17.4. The average Bonchev–Trinajstić information content (AvgIpc) is 2.84. The molecule has 0 atom stereocenters. The van der Waals surface area contributed by atoms with Crippen LogP contribution in [0.15, 0.2) is 60.7 Å². The third-order valence-electron chi connectivity index (χ3n) is 6.08. The highest BCUT2D eigenvalue weighted by molar-refractivity contribution is 6.30. The van der Waals surface area contributed by atoms with Gasteiger partial charge in [-0.1, -0.05) is 42.5 Å². The number of benzene rings is 3. The predicted octanol–water partition coefficient (Wildman–Crippen LogP) is 2.84. The van der Waals surface area contributed by atoms with E-state index in [-0.39, 0.29) is 27.8 Å². The number of aromatic hydroxyl groups is 2. The van der Waals surface area contributed by atoms with Gasteiger partial charge in [0.15, 0.2) is 23.1 Å². The van der Waals surface area contributed by atoms with Gasteiger partial charge in [0.2, 0.25) is 0 Å². The Morgan fingerprint density at radius 3 is 1.97 bits per heavy atom. The smallest absolute Gasteiger partial charge is 0.257 e. The number of hydrogen-bond donors (Lipinski definition) is 2. The highest BCUT2D eigenvalue weighted by atomic mass is 16.3. The second kappa shape index (κ2) is 7.53. The van der Waals surface area contributed by atoms with E-state index in [9.17, 15) is 24.6 Å². The predicted molar refractivity (Wildman–Crippen MR) is 118 cm³/mol. The fourth-order valence-corrected chi connectivity index (χ4v) is 4.37. The summed E-state index contributed by atoms with van der Waals surface area (Å²) in [6.45, 7) is 2.05. The van der Waals surface area contributed by atoms with Crippen molar-refractivity contribution in [2.75, 3.05) is 31.1 Å². The van der Waals surface area contributed by atoms with Crippen LogP contribution in [-0.2, 0) is 0 Å². The molecule has 3 aromatic carbocycles. The number of carbonyl (C=O) groups is 3. The molecular formula is C25H20N2O5. The summed E-state index contributed by atoms with van der Waals surface area (Å²) in [5, 5.41) is 21.1. The van der Waals surface area contributed by atoms with Crippen LogP contribution in [0, 0.1) is 0 Å². The first-order valence-electron chi connectivity index (χ1n) is 10.3. The van der Waals surface area contributed by atoms with Crippen molar-refractivity contribution in [3.05, 3.63) is 88.5 Å². The molecule has 160 valence electrons. The van der Waals surface area contributed by atoms with Crippen LogP contribution >= 0.6 is 0 Å². The van der Waals surface area contributed by atoms with Gasteiger partial charge in [0.05, 0.1) is 11.1 Å². The molecular weight excluding hydrogens is 408 g/mol. The number of amides is 1. The van der Waals surface area contributed by atoms with Crippen LogP contribution in [0.4, 0.5) is 5.69 Å². The van der Waals surface area contributed by atoms with Crippen LogP contribution in [0.3, 0.4) is 0 Å².